The van der Waals surface area contributed by atoms with Crippen molar-refractivity contribution in [3.63, 3.8) is 0 Å². The topological polar surface area (TPSA) is 23.0 Å². The van der Waals surface area contributed by atoms with Crippen molar-refractivity contribution in [2.45, 2.75) is 0 Å². The summed E-state index contributed by atoms with van der Waals surface area (Å²) in [5.74, 6) is 0. The van der Waals surface area contributed by atoms with Crippen LogP contribution in [0.15, 0.2) is 296 Å². The number of benzene rings is 13. The third kappa shape index (κ3) is 7.43. The van der Waals surface area contributed by atoms with Crippen LogP contribution in [0.3, 0.4) is 0 Å². The van der Waals surface area contributed by atoms with Crippen molar-refractivity contribution < 1.29 is 4.42 Å². The minimum atomic E-state index is 0.876. The molecule has 0 unspecified atom stereocenters. The zero-order valence-corrected chi connectivity index (χ0v) is 45.2. The van der Waals surface area contributed by atoms with Crippen LogP contribution in [0.2, 0.25) is 0 Å². The molecule has 0 atom stereocenters. The fraction of sp³-hybridized carbons (Fsp3) is 0. The van der Waals surface area contributed by atoms with Gasteiger partial charge in [0.2, 0.25) is 0 Å². The Bertz CT molecular complexity index is 5400. The zero-order valence-electron chi connectivity index (χ0n) is 44.4. The van der Waals surface area contributed by atoms with Gasteiger partial charge in [-0.05, 0) is 158 Å². The van der Waals surface area contributed by atoms with Gasteiger partial charge in [-0.2, -0.15) is 0 Å². The van der Waals surface area contributed by atoms with Gasteiger partial charge in [0.1, 0.15) is 11.2 Å². The Morgan fingerprint density at radius 3 is 1.41 bits per heavy atom. The molecule has 0 saturated heterocycles. The van der Waals surface area contributed by atoms with Gasteiger partial charge in [0.25, 0.3) is 0 Å². The molecule has 0 N–H and O–H groups in total. The minimum absolute atomic E-state index is 0.876. The predicted molar refractivity (Wildman–Crippen MR) is 348 cm³/mol. The lowest BCUT2D eigenvalue weighted by Crippen LogP contribution is -1.96. The third-order valence-corrected chi connectivity index (χ3v) is 18.1. The highest BCUT2D eigenvalue weighted by molar-refractivity contribution is 7.26. The average molecular weight is 1060 g/mol. The quantitative estimate of drug-likeness (QED) is 0.149. The van der Waals surface area contributed by atoms with Crippen molar-refractivity contribution in [2.75, 3.05) is 0 Å². The molecular formula is C78H48N2OS. The number of nitrogens with zero attached hydrogens (tertiary/aromatic N) is 2. The number of hydrogen-bond acceptors (Lipinski definition) is 2. The molecule has 4 heterocycles. The van der Waals surface area contributed by atoms with Gasteiger partial charge >= 0.3 is 0 Å². The molecule has 0 amide bonds. The number of furan rings is 1. The van der Waals surface area contributed by atoms with E-state index >= 15 is 0 Å². The van der Waals surface area contributed by atoms with E-state index in [-0.39, 0.29) is 0 Å². The van der Waals surface area contributed by atoms with E-state index in [0.29, 0.717) is 0 Å². The van der Waals surface area contributed by atoms with Gasteiger partial charge in [0.15, 0.2) is 0 Å². The molecule has 0 bridgehead atoms. The first kappa shape index (κ1) is 46.4. The summed E-state index contributed by atoms with van der Waals surface area (Å²) in [5.41, 5.74) is 22.6. The Morgan fingerprint density at radius 1 is 0.244 bits per heavy atom. The Hall–Kier alpha value is -10.5. The van der Waals surface area contributed by atoms with Crippen molar-refractivity contribution in [3.8, 4) is 78.1 Å². The number of thiophene rings is 1. The standard InChI is InChI=1S/C78H48N2OS/c1-3-18-49(19-4-1)53-24-16-25-59(42-53)79-71-32-11-7-26-62(71)69-46-55(37-39-73(69)79)67-47-58(48-70-64-28-9-13-34-75(64)81-77(67)70)52-23-15-22-51(40-52)57-41-56(50-20-5-2-6-21-50)43-60(44-57)80-72-33-12-8-27-63(72)68-45-54(36-38-74(68)80)61-30-17-31-66-65-29-10-14-35-76(65)82-78(61)66/h1-48H. The summed E-state index contributed by atoms with van der Waals surface area (Å²) < 4.78 is 14.4. The fourth-order valence-corrected chi connectivity index (χ4v) is 14.3. The normalized spacial score (nSPS) is 11.9. The molecule has 82 heavy (non-hydrogen) atoms. The van der Waals surface area contributed by atoms with Crippen LogP contribution in [0.5, 0.6) is 0 Å². The molecule has 0 fully saturated rings. The first-order valence-electron chi connectivity index (χ1n) is 28.0. The summed E-state index contributed by atoms with van der Waals surface area (Å²) in [6, 6.07) is 107. The predicted octanol–water partition coefficient (Wildman–Crippen LogP) is 22.2. The number of fused-ring (bicyclic) bond motifs is 12. The largest absolute Gasteiger partial charge is 0.455 e. The maximum absolute atomic E-state index is 6.87. The van der Waals surface area contributed by atoms with Gasteiger partial charge in [-0.15, -0.1) is 11.3 Å². The molecule has 0 saturated carbocycles. The van der Waals surface area contributed by atoms with Gasteiger partial charge in [-0.1, -0.05) is 194 Å². The molecule has 0 spiro atoms. The second kappa shape index (κ2) is 18.5. The number of rotatable bonds is 8. The highest BCUT2D eigenvalue weighted by atomic mass is 32.1. The molecule has 4 heteroatoms. The van der Waals surface area contributed by atoms with Gasteiger partial charge in [-0.25, -0.2) is 0 Å². The maximum Gasteiger partial charge on any atom is 0.143 e. The smallest absolute Gasteiger partial charge is 0.143 e. The molecular weight excluding hydrogens is 1010 g/mol. The molecule has 0 radical (unpaired) electrons. The average Bonchev–Trinajstić information content (AvgIpc) is 4.33. The lowest BCUT2D eigenvalue weighted by atomic mass is 9.92. The summed E-state index contributed by atoms with van der Waals surface area (Å²) in [6.45, 7) is 0. The van der Waals surface area contributed by atoms with Crippen LogP contribution >= 0.6 is 11.3 Å². The summed E-state index contributed by atoms with van der Waals surface area (Å²) in [4.78, 5) is 0. The van der Waals surface area contributed by atoms with Crippen LogP contribution < -0.4 is 0 Å². The zero-order chi connectivity index (χ0) is 53.8. The summed E-state index contributed by atoms with van der Waals surface area (Å²) in [5, 5.41) is 9.68. The molecule has 0 aliphatic rings. The molecule has 3 nitrogen and oxygen atoms in total. The molecule has 17 aromatic rings. The van der Waals surface area contributed by atoms with Crippen molar-refractivity contribution in [1.29, 1.82) is 0 Å². The van der Waals surface area contributed by atoms with Crippen molar-refractivity contribution in [1.82, 2.24) is 9.13 Å². The fourth-order valence-electron chi connectivity index (χ4n) is 13.1. The molecule has 382 valence electrons. The summed E-state index contributed by atoms with van der Waals surface area (Å²) in [7, 11) is 0. The van der Waals surface area contributed by atoms with E-state index in [9.17, 15) is 0 Å². The van der Waals surface area contributed by atoms with E-state index < -0.39 is 0 Å². The second-order valence-electron chi connectivity index (χ2n) is 21.6. The Kier molecular flexibility index (Phi) is 10.5. The van der Waals surface area contributed by atoms with Gasteiger partial charge in [-0.3, -0.25) is 0 Å². The lowest BCUT2D eigenvalue weighted by Gasteiger charge is -2.15. The SMILES string of the molecule is c1ccc(-c2cccc(-n3c4ccccc4c4cc(-c5cc(-c6cccc(-c7cc(-c8ccccc8)cc(-n8c9ccccc9c9cc(-c%10cccc%11c%10sc%10ccccc%10%11)ccc98)c7)c6)cc6c5oc5ccccc56)ccc43)c2)cc1. The first-order chi connectivity index (χ1) is 40.6. The van der Waals surface area contributed by atoms with E-state index in [4.69, 9.17) is 4.42 Å². The van der Waals surface area contributed by atoms with Crippen molar-refractivity contribution in [2.24, 2.45) is 0 Å². The third-order valence-electron chi connectivity index (χ3n) is 16.9. The molecule has 4 aromatic heterocycles. The van der Waals surface area contributed by atoms with E-state index in [2.05, 4.69) is 300 Å². The molecule has 0 aliphatic heterocycles. The number of para-hydroxylation sites is 3. The monoisotopic (exact) mass is 1060 g/mol. The Labute approximate surface area is 477 Å². The first-order valence-corrected chi connectivity index (χ1v) is 28.9. The molecule has 13 aromatic carbocycles. The second-order valence-corrected chi connectivity index (χ2v) is 22.6. The van der Waals surface area contributed by atoms with Gasteiger partial charge in [0.05, 0.1) is 22.1 Å². The van der Waals surface area contributed by atoms with Crippen LogP contribution in [-0.2, 0) is 0 Å². The van der Waals surface area contributed by atoms with Crippen molar-refractivity contribution >= 4 is 97.1 Å². The van der Waals surface area contributed by atoms with Crippen LogP contribution in [0, 0.1) is 0 Å². The molecule has 17 rings (SSSR count). The van der Waals surface area contributed by atoms with Gasteiger partial charge < -0.3 is 13.6 Å². The van der Waals surface area contributed by atoms with E-state index in [1.807, 2.05) is 11.3 Å². The number of aromatic nitrogens is 2. The van der Waals surface area contributed by atoms with Crippen LogP contribution in [0.4, 0.5) is 0 Å². The number of hydrogen-bond donors (Lipinski definition) is 0. The Balaban J connectivity index is 0.815. The molecule has 0 aliphatic carbocycles. The highest BCUT2D eigenvalue weighted by Crippen LogP contribution is 2.45. The van der Waals surface area contributed by atoms with E-state index in [1.54, 1.807) is 0 Å². The minimum Gasteiger partial charge on any atom is -0.455 e. The van der Waals surface area contributed by atoms with E-state index in [0.717, 1.165) is 77.8 Å². The highest BCUT2D eigenvalue weighted by Gasteiger charge is 2.21. The van der Waals surface area contributed by atoms with Crippen LogP contribution in [-0.4, -0.2) is 9.13 Å². The summed E-state index contributed by atoms with van der Waals surface area (Å²) >= 11 is 1.88. The lowest BCUT2D eigenvalue weighted by molar-refractivity contribution is 0.670. The van der Waals surface area contributed by atoms with E-state index in [1.165, 1.54) is 86.1 Å². The Morgan fingerprint density at radius 2 is 0.707 bits per heavy atom. The maximum atomic E-state index is 6.87. The van der Waals surface area contributed by atoms with Crippen LogP contribution in [0.25, 0.3) is 164 Å². The van der Waals surface area contributed by atoms with Crippen molar-refractivity contribution in [3.05, 3.63) is 291 Å². The van der Waals surface area contributed by atoms with Crippen LogP contribution in [0.1, 0.15) is 0 Å². The van der Waals surface area contributed by atoms with Gasteiger partial charge in [0, 0.05) is 69.4 Å². The summed E-state index contributed by atoms with van der Waals surface area (Å²) in [6.07, 6.45) is 0.